The van der Waals surface area contributed by atoms with Crippen molar-refractivity contribution in [2.75, 3.05) is 44.6 Å². The fraction of sp³-hybridized carbons (Fsp3) is 0.308. The first-order chi connectivity index (χ1) is 17.2. The molecule has 5 rings (SSSR count). The van der Waals surface area contributed by atoms with Gasteiger partial charge in [0.25, 0.3) is 0 Å². The van der Waals surface area contributed by atoms with Gasteiger partial charge in [0.1, 0.15) is 17.1 Å². The largest absolute Gasteiger partial charge is 0.494 e. The lowest BCUT2D eigenvalue weighted by Gasteiger charge is -2.34. The highest BCUT2D eigenvalue weighted by Gasteiger charge is 2.22. The number of nitrogens with zero attached hydrogens (tertiary/aromatic N) is 6. The Morgan fingerprint density at radius 2 is 1.74 bits per heavy atom. The molecule has 4 heterocycles. The van der Waals surface area contributed by atoms with E-state index in [0.717, 1.165) is 60.2 Å². The molecule has 1 aliphatic rings. The Labute approximate surface area is 204 Å². The van der Waals surface area contributed by atoms with Crippen molar-refractivity contribution in [3.05, 3.63) is 67.1 Å². The monoisotopic (exact) mass is 471 g/mol. The number of piperazine rings is 1. The minimum atomic E-state index is -0.0708. The van der Waals surface area contributed by atoms with Gasteiger partial charge < -0.3 is 19.5 Å². The molecular formula is C26H29N7O2. The number of benzene rings is 1. The number of fused-ring (bicyclic) bond motifs is 1. The number of anilines is 1. The van der Waals surface area contributed by atoms with Crippen LogP contribution in [0.2, 0.25) is 0 Å². The molecule has 35 heavy (non-hydrogen) atoms. The second kappa shape index (κ2) is 10.5. The molecular weight excluding hydrogens is 442 g/mol. The molecule has 0 radical (unpaired) electrons. The highest BCUT2D eigenvalue weighted by atomic mass is 16.5. The van der Waals surface area contributed by atoms with Crippen LogP contribution >= 0.6 is 0 Å². The predicted molar refractivity (Wildman–Crippen MR) is 135 cm³/mol. The average molecular weight is 472 g/mol. The fourth-order valence-corrected chi connectivity index (χ4v) is 4.31. The zero-order chi connectivity index (χ0) is 24.0. The van der Waals surface area contributed by atoms with Crippen LogP contribution in [0, 0.1) is 0 Å². The second-order valence-electron chi connectivity index (χ2n) is 8.39. The van der Waals surface area contributed by atoms with E-state index in [0.29, 0.717) is 19.7 Å². The summed E-state index contributed by atoms with van der Waals surface area (Å²) in [4.78, 5) is 30.5. The zero-order valence-corrected chi connectivity index (χ0v) is 19.8. The van der Waals surface area contributed by atoms with Gasteiger partial charge in [0.15, 0.2) is 5.65 Å². The lowest BCUT2D eigenvalue weighted by molar-refractivity contribution is 0.145. The van der Waals surface area contributed by atoms with Gasteiger partial charge >= 0.3 is 6.03 Å². The van der Waals surface area contributed by atoms with Gasteiger partial charge in [-0.15, -0.1) is 0 Å². The van der Waals surface area contributed by atoms with E-state index in [1.54, 1.807) is 18.6 Å². The first-order valence-corrected chi connectivity index (χ1v) is 11.9. The zero-order valence-electron chi connectivity index (χ0n) is 19.8. The summed E-state index contributed by atoms with van der Waals surface area (Å²) < 4.78 is 7.64. The predicted octanol–water partition coefficient (Wildman–Crippen LogP) is 3.74. The van der Waals surface area contributed by atoms with E-state index in [1.165, 1.54) is 0 Å². The molecule has 0 saturated carbocycles. The first-order valence-electron chi connectivity index (χ1n) is 11.9. The van der Waals surface area contributed by atoms with E-state index in [2.05, 4.69) is 24.8 Å². The Hall–Kier alpha value is -3.98. The van der Waals surface area contributed by atoms with Crippen molar-refractivity contribution in [3.8, 4) is 17.1 Å². The Balaban J connectivity index is 1.18. The van der Waals surface area contributed by atoms with Gasteiger partial charge in [0, 0.05) is 69.1 Å². The van der Waals surface area contributed by atoms with Gasteiger partial charge in [-0.3, -0.25) is 9.88 Å². The fourth-order valence-electron chi connectivity index (χ4n) is 4.31. The number of aromatic nitrogens is 4. The lowest BCUT2D eigenvalue weighted by Crippen LogP contribution is -2.50. The van der Waals surface area contributed by atoms with Gasteiger partial charge in [-0.2, -0.15) is 0 Å². The molecule has 0 unspecified atom stereocenters. The third-order valence-corrected chi connectivity index (χ3v) is 6.16. The Morgan fingerprint density at radius 3 is 2.49 bits per heavy atom. The molecule has 0 bridgehead atoms. The molecule has 0 atom stereocenters. The summed E-state index contributed by atoms with van der Waals surface area (Å²) in [6.45, 7) is 7.20. The van der Waals surface area contributed by atoms with Crippen LogP contribution in [0.4, 0.5) is 10.5 Å². The van der Waals surface area contributed by atoms with Crippen molar-refractivity contribution in [2.45, 2.75) is 13.5 Å². The summed E-state index contributed by atoms with van der Waals surface area (Å²) in [5.74, 6) is 1.70. The summed E-state index contributed by atoms with van der Waals surface area (Å²) in [7, 11) is 0. The van der Waals surface area contributed by atoms with Crippen LogP contribution in [0.1, 0.15) is 6.92 Å². The number of ether oxygens (including phenoxy) is 1. The maximum absolute atomic E-state index is 12.7. The number of pyridine rings is 2. The van der Waals surface area contributed by atoms with E-state index < -0.39 is 0 Å². The molecule has 1 saturated heterocycles. The van der Waals surface area contributed by atoms with Gasteiger partial charge in [-0.05, 0) is 55.5 Å². The van der Waals surface area contributed by atoms with Crippen LogP contribution in [0.3, 0.4) is 0 Å². The molecule has 0 spiro atoms. The third-order valence-electron chi connectivity index (χ3n) is 6.16. The number of hydrogen-bond acceptors (Lipinski definition) is 6. The summed E-state index contributed by atoms with van der Waals surface area (Å²) in [5, 5.41) is 2.98. The topological polar surface area (TPSA) is 88.4 Å². The highest BCUT2D eigenvalue weighted by Crippen LogP contribution is 2.23. The minimum Gasteiger partial charge on any atom is -0.494 e. The number of carbonyl (C=O) groups is 1. The standard InChI is InChI=1S/C26H29N7O2/c1-2-35-22-7-5-21(6-8-22)29-26(34)32-17-14-31(15-18-32)16-19-33-24(20-9-12-27-13-10-20)30-23-4-3-11-28-25(23)33/h3-13H,2,14-19H2,1H3,(H,29,34). The molecule has 180 valence electrons. The van der Waals surface area contributed by atoms with Crippen molar-refractivity contribution in [1.82, 2.24) is 29.3 Å². The third kappa shape index (κ3) is 5.25. The van der Waals surface area contributed by atoms with Gasteiger partial charge in [-0.1, -0.05) is 0 Å². The number of rotatable bonds is 7. The Kier molecular flexibility index (Phi) is 6.85. The summed E-state index contributed by atoms with van der Waals surface area (Å²) >= 11 is 0. The SMILES string of the molecule is CCOc1ccc(NC(=O)N2CCN(CCn3c(-c4ccncc4)nc4cccnc43)CC2)cc1. The van der Waals surface area contributed by atoms with Crippen LogP contribution in [-0.2, 0) is 6.54 Å². The Morgan fingerprint density at radius 1 is 0.971 bits per heavy atom. The summed E-state index contributed by atoms with van der Waals surface area (Å²) in [5.41, 5.74) is 3.56. The molecule has 2 amide bonds. The van der Waals surface area contributed by atoms with Crippen molar-refractivity contribution in [1.29, 1.82) is 0 Å². The van der Waals surface area contributed by atoms with Crippen LogP contribution in [-0.4, -0.2) is 74.7 Å². The number of imidazole rings is 1. The molecule has 1 aliphatic heterocycles. The van der Waals surface area contributed by atoms with Gasteiger partial charge in [0.05, 0.1) is 6.61 Å². The van der Waals surface area contributed by atoms with Gasteiger partial charge in [-0.25, -0.2) is 14.8 Å². The van der Waals surface area contributed by atoms with Crippen molar-refractivity contribution >= 4 is 22.9 Å². The van der Waals surface area contributed by atoms with Crippen molar-refractivity contribution in [2.24, 2.45) is 0 Å². The number of nitrogens with one attached hydrogen (secondary N) is 1. The molecule has 3 aromatic heterocycles. The smallest absolute Gasteiger partial charge is 0.321 e. The highest BCUT2D eigenvalue weighted by molar-refractivity contribution is 5.89. The molecule has 4 aromatic rings. The molecule has 9 heteroatoms. The number of urea groups is 1. The number of amides is 2. The number of hydrogen-bond donors (Lipinski definition) is 1. The molecule has 0 aliphatic carbocycles. The normalized spacial score (nSPS) is 14.3. The van der Waals surface area contributed by atoms with Crippen molar-refractivity contribution < 1.29 is 9.53 Å². The van der Waals surface area contributed by atoms with E-state index in [9.17, 15) is 4.79 Å². The molecule has 1 N–H and O–H groups in total. The molecule has 9 nitrogen and oxygen atoms in total. The number of carbonyl (C=O) groups excluding carboxylic acids is 1. The first kappa shape index (κ1) is 22.8. The molecule has 1 fully saturated rings. The summed E-state index contributed by atoms with van der Waals surface area (Å²) in [6.07, 6.45) is 5.37. The summed E-state index contributed by atoms with van der Waals surface area (Å²) in [6, 6.07) is 15.2. The van der Waals surface area contributed by atoms with Crippen LogP contribution in [0.15, 0.2) is 67.1 Å². The Bertz CT molecular complexity index is 1270. The van der Waals surface area contributed by atoms with E-state index in [1.807, 2.05) is 60.4 Å². The van der Waals surface area contributed by atoms with Crippen molar-refractivity contribution in [3.63, 3.8) is 0 Å². The van der Waals surface area contributed by atoms with E-state index in [4.69, 9.17) is 9.72 Å². The maximum Gasteiger partial charge on any atom is 0.321 e. The average Bonchev–Trinajstić information content (AvgIpc) is 3.28. The van der Waals surface area contributed by atoms with Crippen LogP contribution in [0.5, 0.6) is 5.75 Å². The van der Waals surface area contributed by atoms with E-state index in [-0.39, 0.29) is 6.03 Å². The van der Waals surface area contributed by atoms with Gasteiger partial charge in [0.2, 0.25) is 0 Å². The molecule has 1 aromatic carbocycles. The van der Waals surface area contributed by atoms with E-state index >= 15 is 0 Å². The quantitative estimate of drug-likeness (QED) is 0.442. The minimum absolute atomic E-state index is 0.0708. The second-order valence-corrected chi connectivity index (χ2v) is 8.39. The van der Waals surface area contributed by atoms with Crippen LogP contribution in [0.25, 0.3) is 22.6 Å². The maximum atomic E-state index is 12.7. The van der Waals surface area contributed by atoms with Crippen LogP contribution < -0.4 is 10.1 Å². The lowest BCUT2D eigenvalue weighted by atomic mass is 10.2.